The van der Waals surface area contributed by atoms with Crippen LogP contribution in [0.15, 0.2) is 45.0 Å². The molecule has 0 aliphatic carbocycles. The fourth-order valence-electron chi connectivity index (χ4n) is 1.98. The van der Waals surface area contributed by atoms with Gasteiger partial charge >= 0.3 is 0 Å². The first-order chi connectivity index (χ1) is 9.95. The van der Waals surface area contributed by atoms with Crippen molar-refractivity contribution in [2.75, 3.05) is 0 Å². The highest BCUT2D eigenvalue weighted by molar-refractivity contribution is 9.11. The molecule has 106 valence electrons. The van der Waals surface area contributed by atoms with E-state index >= 15 is 0 Å². The summed E-state index contributed by atoms with van der Waals surface area (Å²) in [7, 11) is 0. The number of hydrogen-bond acceptors (Lipinski definition) is 3. The number of ether oxygens (including phenoxy) is 1. The highest BCUT2D eigenvalue weighted by Gasteiger charge is 2.27. The van der Waals surface area contributed by atoms with E-state index in [0.717, 1.165) is 0 Å². The first-order valence-electron chi connectivity index (χ1n) is 5.87. The number of ketones is 1. The van der Waals surface area contributed by atoms with Crippen molar-refractivity contribution < 1.29 is 14.6 Å². The second kappa shape index (κ2) is 5.48. The summed E-state index contributed by atoms with van der Waals surface area (Å²) >= 11 is 12.4. The third kappa shape index (κ3) is 2.73. The summed E-state index contributed by atoms with van der Waals surface area (Å²) in [4.78, 5) is 12.3. The molecule has 0 saturated heterocycles. The normalized spacial score (nSPS) is 15.2. The summed E-state index contributed by atoms with van der Waals surface area (Å²) in [5.41, 5.74) is 1.17. The lowest BCUT2D eigenvalue weighted by molar-refractivity contribution is 0.101. The lowest BCUT2D eigenvalue weighted by Crippen LogP contribution is -1.98. The van der Waals surface area contributed by atoms with Crippen molar-refractivity contribution >= 4 is 55.3 Å². The first kappa shape index (κ1) is 14.6. The second-order valence-electron chi connectivity index (χ2n) is 4.41. The highest BCUT2D eigenvalue weighted by atomic mass is 79.9. The SMILES string of the molecule is O=C1/C(=C/c2cc(Br)c(O)c(Br)c2)Oc2ccc(Cl)cc21. The fourth-order valence-corrected chi connectivity index (χ4v) is 3.37. The molecule has 3 nitrogen and oxygen atoms in total. The van der Waals surface area contributed by atoms with Gasteiger partial charge in [-0.15, -0.1) is 0 Å². The van der Waals surface area contributed by atoms with Crippen molar-refractivity contribution in [1.82, 2.24) is 0 Å². The van der Waals surface area contributed by atoms with Gasteiger partial charge in [0, 0.05) is 5.02 Å². The maximum Gasteiger partial charge on any atom is 0.232 e. The van der Waals surface area contributed by atoms with E-state index in [1.807, 2.05) is 0 Å². The molecule has 1 heterocycles. The first-order valence-corrected chi connectivity index (χ1v) is 7.84. The van der Waals surface area contributed by atoms with Gasteiger partial charge in [-0.1, -0.05) is 11.6 Å². The number of aromatic hydroxyl groups is 1. The quantitative estimate of drug-likeness (QED) is 0.634. The predicted octanol–water partition coefficient (Wildman–Crippen LogP) is 5.19. The molecular formula is C15H7Br2ClO3. The van der Waals surface area contributed by atoms with Crippen LogP contribution >= 0.6 is 43.5 Å². The van der Waals surface area contributed by atoms with Crippen molar-refractivity contribution in [2.45, 2.75) is 0 Å². The van der Waals surface area contributed by atoms with Gasteiger partial charge in [-0.2, -0.15) is 0 Å². The Balaban J connectivity index is 2.02. The minimum atomic E-state index is -0.215. The number of phenols is 1. The van der Waals surface area contributed by atoms with E-state index in [-0.39, 0.29) is 17.3 Å². The molecule has 1 aliphatic rings. The predicted molar refractivity (Wildman–Crippen MR) is 87.9 cm³/mol. The number of allylic oxidation sites excluding steroid dienone is 1. The van der Waals surface area contributed by atoms with Crippen LogP contribution in [0.25, 0.3) is 6.08 Å². The summed E-state index contributed by atoms with van der Waals surface area (Å²) in [5.74, 6) is 0.600. The molecule has 0 aromatic heterocycles. The van der Waals surface area contributed by atoms with Crippen LogP contribution in [0.3, 0.4) is 0 Å². The van der Waals surface area contributed by atoms with E-state index in [9.17, 15) is 9.90 Å². The zero-order valence-electron chi connectivity index (χ0n) is 10.4. The number of phenolic OH excluding ortho intramolecular Hbond substituents is 1. The monoisotopic (exact) mass is 428 g/mol. The minimum absolute atomic E-state index is 0.103. The maximum absolute atomic E-state index is 12.3. The molecule has 0 bridgehead atoms. The average molecular weight is 430 g/mol. The van der Waals surface area contributed by atoms with Gasteiger partial charge in [0.05, 0.1) is 14.5 Å². The topological polar surface area (TPSA) is 46.5 Å². The number of fused-ring (bicyclic) bond motifs is 1. The molecule has 0 saturated carbocycles. The molecule has 3 rings (SSSR count). The second-order valence-corrected chi connectivity index (χ2v) is 6.56. The maximum atomic E-state index is 12.3. The molecular weight excluding hydrogens is 423 g/mol. The Morgan fingerprint density at radius 1 is 1.14 bits per heavy atom. The fraction of sp³-hybridized carbons (Fsp3) is 0. The van der Waals surface area contributed by atoms with E-state index < -0.39 is 0 Å². The van der Waals surface area contributed by atoms with Gasteiger partial charge < -0.3 is 9.84 Å². The third-order valence-corrected chi connectivity index (χ3v) is 4.41. The lowest BCUT2D eigenvalue weighted by Gasteiger charge is -2.03. The Bertz CT molecular complexity index is 776. The molecule has 2 aromatic carbocycles. The number of rotatable bonds is 1. The molecule has 0 atom stereocenters. The van der Waals surface area contributed by atoms with Gasteiger partial charge in [-0.05, 0) is 73.8 Å². The van der Waals surface area contributed by atoms with Crippen LogP contribution in [0, 0.1) is 0 Å². The van der Waals surface area contributed by atoms with Gasteiger partial charge in [-0.3, -0.25) is 4.79 Å². The molecule has 0 radical (unpaired) electrons. The summed E-state index contributed by atoms with van der Waals surface area (Å²) in [6.07, 6.45) is 1.62. The Morgan fingerprint density at radius 3 is 2.48 bits per heavy atom. The van der Waals surface area contributed by atoms with Gasteiger partial charge in [0.1, 0.15) is 11.5 Å². The van der Waals surface area contributed by atoms with Gasteiger partial charge in [0.15, 0.2) is 5.76 Å². The molecule has 0 amide bonds. The number of carbonyl (C=O) groups is 1. The summed E-state index contributed by atoms with van der Waals surface area (Å²) < 4.78 is 6.59. The van der Waals surface area contributed by atoms with Gasteiger partial charge in [0.25, 0.3) is 0 Å². The van der Waals surface area contributed by atoms with Crippen LogP contribution in [0.2, 0.25) is 5.02 Å². The summed E-state index contributed by atoms with van der Waals surface area (Å²) in [5, 5.41) is 10.2. The van der Waals surface area contributed by atoms with Crippen LogP contribution in [0.4, 0.5) is 0 Å². The number of carbonyl (C=O) groups excluding carboxylic acids is 1. The van der Waals surface area contributed by atoms with Crippen LogP contribution in [0.5, 0.6) is 11.5 Å². The molecule has 0 spiro atoms. The van der Waals surface area contributed by atoms with Crippen LogP contribution in [0.1, 0.15) is 15.9 Å². The highest BCUT2D eigenvalue weighted by Crippen LogP contribution is 2.36. The number of benzene rings is 2. The summed E-state index contributed by atoms with van der Waals surface area (Å²) in [6, 6.07) is 8.31. The van der Waals surface area contributed by atoms with Crippen LogP contribution < -0.4 is 4.74 Å². The zero-order valence-corrected chi connectivity index (χ0v) is 14.3. The molecule has 2 aromatic rings. The van der Waals surface area contributed by atoms with E-state index in [1.54, 1.807) is 36.4 Å². The lowest BCUT2D eigenvalue weighted by atomic mass is 10.1. The number of halogens is 3. The standard InChI is InChI=1S/C15H7Br2ClO3/c16-10-3-7(4-11(17)15(10)20)5-13-14(19)9-6-8(18)1-2-12(9)21-13/h1-6,20H/b13-5-. The van der Waals surface area contributed by atoms with Gasteiger partial charge in [-0.25, -0.2) is 0 Å². The Kier molecular flexibility index (Phi) is 3.82. The van der Waals surface area contributed by atoms with Gasteiger partial charge in [0.2, 0.25) is 5.78 Å². The smallest absolute Gasteiger partial charge is 0.232 e. The van der Waals surface area contributed by atoms with Crippen LogP contribution in [-0.4, -0.2) is 10.9 Å². The van der Waals surface area contributed by atoms with E-state index in [4.69, 9.17) is 16.3 Å². The number of Topliss-reactive ketones (excluding diaryl/α,β-unsaturated/α-hetero) is 1. The van der Waals surface area contributed by atoms with Crippen molar-refractivity contribution in [1.29, 1.82) is 0 Å². The molecule has 0 fully saturated rings. The molecule has 21 heavy (non-hydrogen) atoms. The molecule has 6 heteroatoms. The van der Waals surface area contributed by atoms with E-state index in [2.05, 4.69) is 31.9 Å². The van der Waals surface area contributed by atoms with Crippen molar-refractivity contribution in [3.05, 3.63) is 61.2 Å². The zero-order chi connectivity index (χ0) is 15.1. The minimum Gasteiger partial charge on any atom is -0.506 e. The average Bonchev–Trinajstić information content (AvgIpc) is 2.73. The summed E-state index contributed by atoms with van der Waals surface area (Å²) in [6.45, 7) is 0. The van der Waals surface area contributed by atoms with Crippen molar-refractivity contribution in [2.24, 2.45) is 0 Å². The van der Waals surface area contributed by atoms with Crippen molar-refractivity contribution in [3.63, 3.8) is 0 Å². The molecule has 0 unspecified atom stereocenters. The Hall–Kier alpha value is -1.30. The van der Waals surface area contributed by atoms with Crippen LogP contribution in [-0.2, 0) is 0 Å². The molecule has 1 aliphatic heterocycles. The third-order valence-electron chi connectivity index (χ3n) is 2.97. The molecule has 1 N–H and O–H groups in total. The van der Waals surface area contributed by atoms with E-state index in [0.29, 0.717) is 30.8 Å². The Morgan fingerprint density at radius 2 is 1.81 bits per heavy atom. The van der Waals surface area contributed by atoms with E-state index in [1.165, 1.54) is 0 Å². The largest absolute Gasteiger partial charge is 0.506 e. The Labute approximate surface area is 142 Å². The number of hydrogen-bond donors (Lipinski definition) is 1. The van der Waals surface area contributed by atoms with Crippen molar-refractivity contribution in [3.8, 4) is 11.5 Å².